The molecule has 3 heteroatoms. The molecule has 0 aliphatic rings. The molecule has 1 aromatic rings. The smallest absolute Gasteiger partial charge is 0.0994 e. The molecule has 1 unspecified atom stereocenters. The molecule has 0 aliphatic carbocycles. The predicted octanol–water partition coefficient (Wildman–Crippen LogP) is 3.28. The zero-order valence-electron chi connectivity index (χ0n) is 7.22. The molecular formula is C10H9ClFN. The maximum atomic E-state index is 12.4. The van der Waals surface area contributed by atoms with Gasteiger partial charge >= 0.3 is 0 Å². The molecule has 1 nitrogen and oxygen atoms in total. The van der Waals surface area contributed by atoms with Gasteiger partial charge in [0.25, 0.3) is 0 Å². The molecule has 1 rings (SSSR count). The molecule has 0 saturated heterocycles. The Morgan fingerprint density at radius 3 is 2.85 bits per heavy atom. The number of rotatable bonds is 2. The average Bonchev–Trinajstić information content (AvgIpc) is 2.16. The molecule has 0 saturated carbocycles. The average molecular weight is 198 g/mol. The highest BCUT2D eigenvalue weighted by Gasteiger charge is 2.10. The number of hydrogen-bond donors (Lipinski definition) is 0. The Bertz CT molecular complexity index is 343. The van der Waals surface area contributed by atoms with Crippen molar-refractivity contribution in [2.75, 3.05) is 6.67 Å². The second kappa shape index (κ2) is 4.25. The predicted molar refractivity (Wildman–Crippen MR) is 50.6 cm³/mol. The molecular weight excluding hydrogens is 189 g/mol. The molecule has 0 aromatic heterocycles. The van der Waals surface area contributed by atoms with Gasteiger partial charge in [0.1, 0.15) is 0 Å². The monoisotopic (exact) mass is 197 g/mol. The van der Waals surface area contributed by atoms with E-state index in [0.717, 1.165) is 0 Å². The van der Waals surface area contributed by atoms with Crippen molar-refractivity contribution in [2.45, 2.75) is 12.8 Å². The molecule has 0 heterocycles. The fourth-order valence-corrected chi connectivity index (χ4v) is 1.31. The van der Waals surface area contributed by atoms with Crippen molar-refractivity contribution < 1.29 is 4.39 Å². The number of halogens is 2. The van der Waals surface area contributed by atoms with Crippen molar-refractivity contribution in [1.82, 2.24) is 0 Å². The Hall–Kier alpha value is -1.07. The third kappa shape index (κ3) is 2.19. The third-order valence-electron chi connectivity index (χ3n) is 1.90. The highest BCUT2D eigenvalue weighted by Crippen LogP contribution is 2.23. The topological polar surface area (TPSA) is 23.8 Å². The fraction of sp³-hybridized carbons (Fsp3) is 0.300. The standard InChI is InChI=1S/C10H9ClFN/c1-7(5-12)10-4-9(11)3-2-8(10)6-13/h2-4,7H,5H2,1H3. The van der Waals surface area contributed by atoms with Crippen LogP contribution in [-0.2, 0) is 0 Å². The van der Waals surface area contributed by atoms with E-state index in [9.17, 15) is 4.39 Å². The summed E-state index contributed by atoms with van der Waals surface area (Å²) in [6, 6.07) is 6.90. The van der Waals surface area contributed by atoms with Gasteiger partial charge < -0.3 is 0 Å². The van der Waals surface area contributed by atoms with Crippen LogP contribution in [0.4, 0.5) is 4.39 Å². The van der Waals surface area contributed by atoms with Crippen LogP contribution in [0, 0.1) is 11.3 Å². The molecule has 1 atom stereocenters. The van der Waals surface area contributed by atoms with Gasteiger partial charge in [-0.1, -0.05) is 18.5 Å². The van der Waals surface area contributed by atoms with Gasteiger partial charge in [-0.2, -0.15) is 5.26 Å². The first-order valence-electron chi connectivity index (χ1n) is 3.94. The first-order chi connectivity index (χ1) is 6.19. The van der Waals surface area contributed by atoms with Crippen LogP contribution in [0.3, 0.4) is 0 Å². The van der Waals surface area contributed by atoms with Crippen LogP contribution in [-0.4, -0.2) is 6.67 Å². The highest BCUT2D eigenvalue weighted by molar-refractivity contribution is 6.30. The summed E-state index contributed by atoms with van der Waals surface area (Å²) < 4.78 is 12.4. The zero-order chi connectivity index (χ0) is 9.84. The third-order valence-corrected chi connectivity index (χ3v) is 2.13. The van der Waals surface area contributed by atoms with Gasteiger partial charge in [-0.25, -0.2) is 0 Å². The minimum absolute atomic E-state index is 0.270. The number of hydrogen-bond acceptors (Lipinski definition) is 1. The summed E-state index contributed by atoms with van der Waals surface area (Å²) in [5, 5.41) is 9.27. The first kappa shape index (κ1) is 10.0. The van der Waals surface area contributed by atoms with E-state index in [1.54, 1.807) is 25.1 Å². The summed E-state index contributed by atoms with van der Waals surface area (Å²) >= 11 is 5.74. The van der Waals surface area contributed by atoms with E-state index in [1.807, 2.05) is 6.07 Å². The lowest BCUT2D eigenvalue weighted by Crippen LogP contribution is -1.98. The Balaban J connectivity index is 3.17. The Labute approximate surface area is 81.8 Å². The van der Waals surface area contributed by atoms with Crippen LogP contribution in [0.1, 0.15) is 24.0 Å². The number of nitriles is 1. The van der Waals surface area contributed by atoms with Crippen LogP contribution in [0.2, 0.25) is 5.02 Å². The highest BCUT2D eigenvalue weighted by atomic mass is 35.5. The lowest BCUT2D eigenvalue weighted by molar-refractivity contribution is 0.447. The van der Waals surface area contributed by atoms with E-state index in [0.29, 0.717) is 16.1 Å². The van der Waals surface area contributed by atoms with Gasteiger partial charge in [0, 0.05) is 10.9 Å². The second-order valence-electron chi connectivity index (χ2n) is 2.90. The van der Waals surface area contributed by atoms with E-state index in [4.69, 9.17) is 16.9 Å². The van der Waals surface area contributed by atoms with Gasteiger partial charge in [0.2, 0.25) is 0 Å². The summed E-state index contributed by atoms with van der Waals surface area (Å²) in [5.41, 5.74) is 1.17. The summed E-state index contributed by atoms with van der Waals surface area (Å²) in [6.07, 6.45) is 0. The van der Waals surface area contributed by atoms with Gasteiger partial charge in [0.05, 0.1) is 18.3 Å². The maximum Gasteiger partial charge on any atom is 0.0994 e. The summed E-state index contributed by atoms with van der Waals surface area (Å²) in [6.45, 7) is 1.25. The van der Waals surface area contributed by atoms with Crippen molar-refractivity contribution in [3.63, 3.8) is 0 Å². The summed E-state index contributed by atoms with van der Waals surface area (Å²) in [7, 11) is 0. The van der Waals surface area contributed by atoms with E-state index < -0.39 is 6.67 Å². The van der Waals surface area contributed by atoms with Crippen LogP contribution in [0.25, 0.3) is 0 Å². The minimum Gasteiger partial charge on any atom is -0.250 e. The van der Waals surface area contributed by atoms with Crippen LogP contribution >= 0.6 is 11.6 Å². The molecule has 0 bridgehead atoms. The quantitative estimate of drug-likeness (QED) is 0.714. The molecule has 13 heavy (non-hydrogen) atoms. The van der Waals surface area contributed by atoms with Crippen molar-refractivity contribution in [1.29, 1.82) is 5.26 Å². The lowest BCUT2D eigenvalue weighted by Gasteiger charge is -2.09. The molecule has 0 N–H and O–H groups in total. The second-order valence-corrected chi connectivity index (χ2v) is 3.34. The van der Waals surface area contributed by atoms with E-state index in [-0.39, 0.29) is 5.92 Å². The molecule has 0 radical (unpaired) electrons. The number of alkyl halides is 1. The molecule has 68 valence electrons. The van der Waals surface area contributed by atoms with Crippen molar-refractivity contribution in [3.05, 3.63) is 34.3 Å². The molecule has 0 amide bonds. The van der Waals surface area contributed by atoms with E-state index in [1.165, 1.54) is 0 Å². The molecule has 0 aliphatic heterocycles. The van der Waals surface area contributed by atoms with Gasteiger partial charge in [-0.15, -0.1) is 0 Å². The van der Waals surface area contributed by atoms with Gasteiger partial charge in [-0.3, -0.25) is 4.39 Å². The van der Waals surface area contributed by atoms with Gasteiger partial charge in [0.15, 0.2) is 0 Å². The minimum atomic E-state index is -0.477. The lowest BCUT2D eigenvalue weighted by atomic mass is 9.97. The summed E-state index contributed by atoms with van der Waals surface area (Å²) in [4.78, 5) is 0. The Kier molecular flexibility index (Phi) is 3.27. The van der Waals surface area contributed by atoms with Crippen molar-refractivity contribution in [2.24, 2.45) is 0 Å². The van der Waals surface area contributed by atoms with Crippen molar-refractivity contribution >= 4 is 11.6 Å². The number of benzene rings is 1. The maximum absolute atomic E-state index is 12.4. The zero-order valence-corrected chi connectivity index (χ0v) is 7.98. The van der Waals surface area contributed by atoms with E-state index in [2.05, 4.69) is 0 Å². The van der Waals surface area contributed by atoms with Crippen molar-refractivity contribution in [3.8, 4) is 6.07 Å². The Morgan fingerprint density at radius 2 is 2.31 bits per heavy atom. The summed E-state index contributed by atoms with van der Waals surface area (Å²) in [5.74, 6) is -0.270. The largest absolute Gasteiger partial charge is 0.250 e. The first-order valence-corrected chi connectivity index (χ1v) is 4.32. The Morgan fingerprint density at radius 1 is 1.62 bits per heavy atom. The molecule has 0 fully saturated rings. The van der Waals surface area contributed by atoms with Crippen LogP contribution < -0.4 is 0 Å². The molecule has 1 aromatic carbocycles. The fourth-order valence-electron chi connectivity index (χ4n) is 1.13. The van der Waals surface area contributed by atoms with Crippen LogP contribution in [0.15, 0.2) is 18.2 Å². The van der Waals surface area contributed by atoms with E-state index >= 15 is 0 Å². The number of nitrogens with zero attached hydrogens (tertiary/aromatic N) is 1. The normalized spacial score (nSPS) is 12.2. The molecule has 0 spiro atoms. The van der Waals surface area contributed by atoms with Gasteiger partial charge in [-0.05, 0) is 23.8 Å². The van der Waals surface area contributed by atoms with Crippen LogP contribution in [0.5, 0.6) is 0 Å². The SMILES string of the molecule is CC(CF)c1cc(Cl)ccc1C#N.